The Morgan fingerprint density at radius 1 is 1.39 bits per heavy atom. The van der Waals surface area contributed by atoms with E-state index in [1.807, 2.05) is 31.3 Å². The van der Waals surface area contributed by atoms with Gasteiger partial charge in [-0.1, -0.05) is 50.1 Å². The molecule has 0 saturated heterocycles. The van der Waals surface area contributed by atoms with Crippen LogP contribution in [-0.4, -0.2) is 23.1 Å². The maximum absolute atomic E-state index is 12.2. The second-order valence-corrected chi connectivity index (χ2v) is 6.53. The fourth-order valence-electron chi connectivity index (χ4n) is 1.86. The largest absolute Gasteiger partial charge is 0.316 e. The zero-order valence-corrected chi connectivity index (χ0v) is 12.9. The molecule has 0 aliphatic heterocycles. The van der Waals surface area contributed by atoms with Crippen molar-refractivity contribution in [3.8, 4) is 0 Å². The molecule has 0 radical (unpaired) electrons. The molecule has 3 unspecified atom stereocenters. The summed E-state index contributed by atoms with van der Waals surface area (Å²) in [7, 11) is 1.05. The Morgan fingerprint density at radius 2 is 2.06 bits per heavy atom. The van der Waals surface area contributed by atoms with Gasteiger partial charge in [-0.3, -0.25) is 4.21 Å². The molecule has 1 aromatic carbocycles. The minimum atomic E-state index is -0.880. The third kappa shape index (κ3) is 4.71. The van der Waals surface area contributed by atoms with Crippen LogP contribution >= 0.6 is 11.6 Å². The van der Waals surface area contributed by atoms with Crippen molar-refractivity contribution in [3.63, 3.8) is 0 Å². The van der Waals surface area contributed by atoms with Gasteiger partial charge in [0.25, 0.3) is 0 Å². The molecule has 0 amide bonds. The van der Waals surface area contributed by atoms with Crippen LogP contribution in [0.25, 0.3) is 0 Å². The van der Waals surface area contributed by atoms with Gasteiger partial charge in [-0.25, -0.2) is 0 Å². The molecular weight excluding hydrogens is 266 g/mol. The van der Waals surface area contributed by atoms with Gasteiger partial charge in [0.1, 0.15) is 0 Å². The summed E-state index contributed by atoms with van der Waals surface area (Å²) in [6.07, 6.45) is 1.09. The Morgan fingerprint density at radius 3 is 2.61 bits per heavy atom. The molecule has 0 saturated carbocycles. The van der Waals surface area contributed by atoms with Crippen molar-refractivity contribution >= 4 is 22.4 Å². The highest BCUT2D eigenvalue weighted by atomic mass is 35.5. The molecule has 1 rings (SSSR count). The van der Waals surface area contributed by atoms with Crippen LogP contribution in [-0.2, 0) is 16.6 Å². The van der Waals surface area contributed by atoms with Gasteiger partial charge in [-0.15, -0.1) is 0 Å². The monoisotopic (exact) mass is 287 g/mol. The fourth-order valence-corrected chi connectivity index (χ4v) is 3.76. The number of hydrogen-bond acceptors (Lipinski definition) is 2. The van der Waals surface area contributed by atoms with Crippen LogP contribution in [0.3, 0.4) is 0 Å². The maximum Gasteiger partial charge on any atom is 0.0501 e. The van der Waals surface area contributed by atoms with Gasteiger partial charge in [-0.2, -0.15) is 0 Å². The third-order valence-corrected chi connectivity index (χ3v) is 5.07. The van der Waals surface area contributed by atoms with Gasteiger partial charge in [0.05, 0.1) is 5.75 Å². The van der Waals surface area contributed by atoms with E-state index in [1.165, 1.54) is 0 Å². The summed E-state index contributed by atoms with van der Waals surface area (Å²) < 4.78 is 12.2. The molecule has 0 fully saturated rings. The summed E-state index contributed by atoms with van der Waals surface area (Å²) in [5.41, 5.74) is 0.969. The van der Waals surface area contributed by atoms with E-state index in [0.717, 1.165) is 12.0 Å². The molecule has 0 heterocycles. The Hall–Kier alpha value is -0.380. The van der Waals surface area contributed by atoms with Crippen molar-refractivity contribution in [2.24, 2.45) is 5.92 Å². The normalized spacial score (nSPS) is 16.2. The lowest BCUT2D eigenvalue weighted by Gasteiger charge is -2.22. The van der Waals surface area contributed by atoms with Gasteiger partial charge in [0.2, 0.25) is 0 Å². The SMILES string of the molecule is CCC(C)C(CS(=O)Cc1ccccc1Cl)NC. The molecule has 0 aliphatic carbocycles. The zero-order valence-electron chi connectivity index (χ0n) is 11.3. The summed E-state index contributed by atoms with van der Waals surface area (Å²) in [4.78, 5) is 0. The number of halogens is 1. The second-order valence-electron chi connectivity index (χ2n) is 4.62. The summed E-state index contributed by atoms with van der Waals surface area (Å²) in [6.45, 7) is 4.35. The molecule has 0 aliphatic rings. The van der Waals surface area contributed by atoms with Crippen molar-refractivity contribution in [2.75, 3.05) is 12.8 Å². The average Bonchev–Trinajstić information content (AvgIpc) is 2.37. The van der Waals surface area contributed by atoms with Gasteiger partial charge in [0, 0.05) is 27.6 Å². The fraction of sp³-hybridized carbons (Fsp3) is 0.571. The van der Waals surface area contributed by atoms with Crippen molar-refractivity contribution in [1.29, 1.82) is 0 Å². The van der Waals surface area contributed by atoms with E-state index in [0.29, 0.717) is 28.5 Å². The van der Waals surface area contributed by atoms with Crippen molar-refractivity contribution < 1.29 is 4.21 Å². The Balaban J connectivity index is 2.58. The summed E-state index contributed by atoms with van der Waals surface area (Å²) >= 11 is 6.08. The second kappa shape index (κ2) is 7.93. The van der Waals surface area contributed by atoms with E-state index in [-0.39, 0.29) is 0 Å². The van der Waals surface area contributed by atoms with E-state index >= 15 is 0 Å². The van der Waals surface area contributed by atoms with Crippen LogP contribution in [0, 0.1) is 5.92 Å². The van der Waals surface area contributed by atoms with Gasteiger partial charge < -0.3 is 5.32 Å². The topological polar surface area (TPSA) is 29.1 Å². The maximum atomic E-state index is 12.2. The van der Waals surface area contributed by atoms with E-state index in [4.69, 9.17) is 11.6 Å². The average molecular weight is 288 g/mol. The van der Waals surface area contributed by atoms with E-state index < -0.39 is 10.8 Å². The van der Waals surface area contributed by atoms with Crippen LogP contribution in [0.1, 0.15) is 25.8 Å². The van der Waals surface area contributed by atoms with Gasteiger partial charge in [0.15, 0.2) is 0 Å². The molecule has 1 N–H and O–H groups in total. The van der Waals surface area contributed by atoms with Crippen molar-refractivity contribution in [3.05, 3.63) is 34.9 Å². The molecule has 3 atom stereocenters. The van der Waals surface area contributed by atoms with Crippen LogP contribution in [0.4, 0.5) is 0 Å². The minimum absolute atomic E-state index is 0.304. The van der Waals surface area contributed by atoms with E-state index in [9.17, 15) is 4.21 Å². The van der Waals surface area contributed by atoms with Crippen LogP contribution in [0.15, 0.2) is 24.3 Å². The lowest BCUT2D eigenvalue weighted by Crippen LogP contribution is -2.37. The highest BCUT2D eigenvalue weighted by molar-refractivity contribution is 7.84. The third-order valence-electron chi connectivity index (χ3n) is 3.34. The molecule has 1 aromatic rings. The van der Waals surface area contributed by atoms with Gasteiger partial charge >= 0.3 is 0 Å². The van der Waals surface area contributed by atoms with Crippen LogP contribution < -0.4 is 5.32 Å². The summed E-state index contributed by atoms with van der Waals surface area (Å²) in [5, 5.41) is 3.96. The number of benzene rings is 1. The number of nitrogens with one attached hydrogen (secondary N) is 1. The Bertz CT molecular complexity index is 397. The summed E-state index contributed by atoms with van der Waals surface area (Å²) in [5.74, 6) is 1.75. The number of rotatable bonds is 7. The smallest absolute Gasteiger partial charge is 0.0501 e. The minimum Gasteiger partial charge on any atom is -0.316 e. The molecule has 18 heavy (non-hydrogen) atoms. The van der Waals surface area contributed by atoms with Gasteiger partial charge in [-0.05, 0) is 24.6 Å². The van der Waals surface area contributed by atoms with E-state index in [2.05, 4.69) is 19.2 Å². The Labute approximate surface area is 118 Å². The number of hydrogen-bond donors (Lipinski definition) is 1. The molecule has 102 valence electrons. The van der Waals surface area contributed by atoms with Crippen molar-refractivity contribution in [2.45, 2.75) is 32.1 Å². The highest BCUT2D eigenvalue weighted by Crippen LogP contribution is 2.18. The molecule has 0 aromatic heterocycles. The first-order chi connectivity index (χ1) is 8.58. The predicted molar refractivity (Wildman–Crippen MR) is 80.5 cm³/mol. The molecule has 4 heteroatoms. The lowest BCUT2D eigenvalue weighted by molar-refractivity contribution is 0.418. The standard InChI is InChI=1S/C14H22ClNOS/c1-4-11(2)14(16-3)10-18(17)9-12-7-5-6-8-13(12)15/h5-8,11,14,16H,4,9-10H2,1-3H3. The Kier molecular flexibility index (Phi) is 6.90. The van der Waals surface area contributed by atoms with Crippen LogP contribution in [0.5, 0.6) is 0 Å². The van der Waals surface area contributed by atoms with E-state index in [1.54, 1.807) is 0 Å². The zero-order chi connectivity index (χ0) is 13.5. The molecule has 0 spiro atoms. The molecule has 2 nitrogen and oxygen atoms in total. The van der Waals surface area contributed by atoms with Crippen molar-refractivity contribution in [1.82, 2.24) is 5.32 Å². The predicted octanol–water partition coefficient (Wildman–Crippen LogP) is 3.22. The highest BCUT2D eigenvalue weighted by Gasteiger charge is 2.17. The summed E-state index contributed by atoms with van der Waals surface area (Å²) in [6, 6.07) is 7.92. The molecule has 0 bridgehead atoms. The first kappa shape index (κ1) is 15.7. The quantitative estimate of drug-likeness (QED) is 0.834. The molecular formula is C14H22ClNOS. The first-order valence-corrected chi connectivity index (χ1v) is 8.20. The first-order valence-electron chi connectivity index (χ1n) is 6.34. The van der Waals surface area contributed by atoms with Crippen LogP contribution in [0.2, 0.25) is 5.02 Å². The lowest BCUT2D eigenvalue weighted by atomic mass is 10.0.